The highest BCUT2D eigenvalue weighted by Crippen LogP contribution is 2.22. The van der Waals surface area contributed by atoms with Crippen LogP contribution in [0, 0.1) is 0 Å². The number of rotatable bonds is 3. The predicted octanol–water partition coefficient (Wildman–Crippen LogP) is 3.99. The molecule has 0 radical (unpaired) electrons. The highest BCUT2D eigenvalue weighted by Gasteiger charge is 2.12. The second-order valence-corrected chi connectivity index (χ2v) is 5.47. The number of hydrogen-bond donors (Lipinski definition) is 1. The Labute approximate surface area is 128 Å². The molecule has 0 unspecified atom stereocenters. The average Bonchev–Trinajstić information content (AvgIpc) is 2.50. The summed E-state index contributed by atoms with van der Waals surface area (Å²) in [7, 11) is 0. The minimum Gasteiger partial charge on any atom is -0.478 e. The summed E-state index contributed by atoms with van der Waals surface area (Å²) in [5, 5.41) is 9.28. The van der Waals surface area contributed by atoms with Gasteiger partial charge in [0.25, 0.3) is 0 Å². The second kappa shape index (κ2) is 5.56. The van der Waals surface area contributed by atoms with Crippen LogP contribution in [-0.2, 0) is 6.42 Å². The molecule has 1 N–H and O–H groups in total. The molecule has 22 heavy (non-hydrogen) atoms. The van der Waals surface area contributed by atoms with Crippen LogP contribution in [0.25, 0.3) is 22.1 Å². The van der Waals surface area contributed by atoms with Crippen LogP contribution in [0.1, 0.15) is 29.8 Å². The van der Waals surface area contributed by atoms with E-state index in [1.807, 2.05) is 18.2 Å². The third kappa shape index (κ3) is 2.55. The molecule has 0 aliphatic carbocycles. The normalized spacial score (nSPS) is 10.8. The lowest BCUT2D eigenvalue weighted by atomic mass is 10.1. The van der Waals surface area contributed by atoms with E-state index < -0.39 is 5.97 Å². The molecule has 0 amide bonds. The Morgan fingerprint density at radius 2 is 1.68 bits per heavy atom. The van der Waals surface area contributed by atoms with Gasteiger partial charge in [-0.05, 0) is 44.0 Å². The molecule has 4 nitrogen and oxygen atoms in total. The van der Waals surface area contributed by atoms with Crippen LogP contribution in [-0.4, -0.2) is 21.0 Å². The summed E-state index contributed by atoms with van der Waals surface area (Å²) in [5.74, 6) is -0.986. The van der Waals surface area contributed by atoms with E-state index in [2.05, 4.69) is 29.9 Å². The van der Waals surface area contributed by atoms with Gasteiger partial charge in [0, 0.05) is 0 Å². The molecule has 0 spiro atoms. The molecule has 1 heterocycles. The van der Waals surface area contributed by atoms with Crippen molar-refractivity contribution in [3.63, 3.8) is 0 Å². The lowest BCUT2D eigenvalue weighted by molar-refractivity contribution is 0.0699. The summed E-state index contributed by atoms with van der Waals surface area (Å²) >= 11 is 0. The zero-order valence-electron chi connectivity index (χ0n) is 12.5. The van der Waals surface area contributed by atoms with Gasteiger partial charge >= 0.3 is 5.97 Å². The number of carbonyl (C=O) groups is 1. The van der Waals surface area contributed by atoms with Crippen molar-refractivity contribution in [3.05, 3.63) is 59.2 Å². The number of para-hydroxylation sites is 2. The molecule has 3 aromatic rings. The maximum Gasteiger partial charge on any atom is 0.337 e. The molecule has 0 atom stereocenters. The summed E-state index contributed by atoms with van der Waals surface area (Å²) in [4.78, 5) is 20.5. The summed E-state index contributed by atoms with van der Waals surface area (Å²) in [5.41, 5.74) is 5.11. The molecule has 0 saturated heterocycles. The number of aromatic nitrogens is 2. The molecule has 1 aromatic heterocycles. The van der Waals surface area contributed by atoms with Gasteiger partial charge in [-0.3, -0.25) is 0 Å². The van der Waals surface area contributed by atoms with Crippen molar-refractivity contribution in [1.29, 1.82) is 0 Å². The van der Waals surface area contributed by atoms with E-state index in [-0.39, 0.29) is 5.56 Å². The Hall–Kier alpha value is -2.75. The lowest BCUT2D eigenvalue weighted by Crippen LogP contribution is -2.01. The lowest BCUT2D eigenvalue weighted by Gasteiger charge is -2.07. The van der Waals surface area contributed by atoms with Crippen molar-refractivity contribution in [2.45, 2.75) is 20.3 Å². The molecule has 0 fully saturated rings. The van der Waals surface area contributed by atoms with Crippen molar-refractivity contribution in [2.75, 3.05) is 0 Å². The van der Waals surface area contributed by atoms with Gasteiger partial charge in [-0.25, -0.2) is 14.8 Å². The molecule has 2 aromatic carbocycles. The van der Waals surface area contributed by atoms with Crippen molar-refractivity contribution in [2.24, 2.45) is 0 Å². The van der Waals surface area contributed by atoms with Crippen LogP contribution in [0.4, 0.5) is 0 Å². The Morgan fingerprint density at radius 1 is 1.05 bits per heavy atom. The number of benzene rings is 2. The van der Waals surface area contributed by atoms with Crippen LogP contribution in [0.3, 0.4) is 0 Å². The first-order chi connectivity index (χ1) is 10.6. The van der Waals surface area contributed by atoms with Gasteiger partial charge in [0.15, 0.2) is 0 Å². The first-order valence-corrected chi connectivity index (χ1v) is 7.11. The zero-order valence-corrected chi connectivity index (χ0v) is 12.5. The van der Waals surface area contributed by atoms with Crippen molar-refractivity contribution < 1.29 is 9.90 Å². The van der Waals surface area contributed by atoms with Gasteiger partial charge < -0.3 is 5.11 Å². The highest BCUT2D eigenvalue weighted by molar-refractivity contribution is 6.02. The quantitative estimate of drug-likeness (QED) is 0.585. The van der Waals surface area contributed by atoms with Gasteiger partial charge in [0.05, 0.1) is 22.1 Å². The fourth-order valence-electron chi connectivity index (χ4n) is 2.43. The Kier molecular flexibility index (Phi) is 3.59. The number of carboxylic acid groups (broad SMARTS) is 1. The molecule has 4 heteroatoms. The third-order valence-corrected chi connectivity index (χ3v) is 3.54. The number of fused-ring (bicyclic) bond motifs is 2. The molecule has 3 rings (SSSR count). The van der Waals surface area contributed by atoms with Crippen LogP contribution in [0.2, 0.25) is 0 Å². The van der Waals surface area contributed by atoms with Crippen LogP contribution in [0.5, 0.6) is 0 Å². The topological polar surface area (TPSA) is 63.1 Å². The summed E-state index contributed by atoms with van der Waals surface area (Å²) in [6.45, 7) is 4.12. The Bertz CT molecular complexity index is 909. The van der Waals surface area contributed by atoms with Crippen molar-refractivity contribution in [1.82, 2.24) is 9.97 Å². The van der Waals surface area contributed by atoms with Gasteiger partial charge in [0.1, 0.15) is 5.52 Å². The van der Waals surface area contributed by atoms with E-state index in [1.54, 1.807) is 18.2 Å². The van der Waals surface area contributed by atoms with Crippen molar-refractivity contribution >= 4 is 28.0 Å². The summed E-state index contributed by atoms with van der Waals surface area (Å²) in [6.07, 6.45) is 2.94. The Balaban J connectivity index is 2.27. The average molecular weight is 292 g/mol. The second-order valence-electron chi connectivity index (χ2n) is 5.47. The molecule has 0 saturated carbocycles. The largest absolute Gasteiger partial charge is 0.478 e. The van der Waals surface area contributed by atoms with Gasteiger partial charge in [-0.15, -0.1) is 0 Å². The van der Waals surface area contributed by atoms with E-state index in [0.29, 0.717) is 11.0 Å². The third-order valence-electron chi connectivity index (χ3n) is 3.54. The molecular formula is C18H16N2O2. The van der Waals surface area contributed by atoms with E-state index in [1.165, 1.54) is 5.57 Å². The number of hydrogen-bond acceptors (Lipinski definition) is 3. The zero-order chi connectivity index (χ0) is 15.7. The summed E-state index contributed by atoms with van der Waals surface area (Å²) < 4.78 is 0. The molecular weight excluding hydrogens is 276 g/mol. The standard InChI is InChI=1S/C18H16N2O2/c1-11(2)9-10-12-5-3-7-14-16(12)19-15-8-4-6-13(18(21)22)17(15)20-14/h3-9H,10H2,1-2H3,(H,21,22). The molecule has 110 valence electrons. The minimum atomic E-state index is -0.986. The van der Waals surface area contributed by atoms with Crippen molar-refractivity contribution in [3.8, 4) is 0 Å². The van der Waals surface area contributed by atoms with Gasteiger partial charge in [-0.1, -0.05) is 29.8 Å². The fraction of sp³-hybridized carbons (Fsp3) is 0.167. The maximum atomic E-state index is 11.3. The molecule has 0 aliphatic heterocycles. The molecule has 0 bridgehead atoms. The predicted molar refractivity (Wildman–Crippen MR) is 87.1 cm³/mol. The first kappa shape index (κ1) is 14.2. The van der Waals surface area contributed by atoms with E-state index in [9.17, 15) is 9.90 Å². The number of aromatic carboxylic acids is 1. The van der Waals surface area contributed by atoms with Crippen LogP contribution >= 0.6 is 0 Å². The first-order valence-electron chi connectivity index (χ1n) is 7.11. The van der Waals surface area contributed by atoms with Gasteiger partial charge in [0.2, 0.25) is 0 Å². The minimum absolute atomic E-state index is 0.182. The smallest absolute Gasteiger partial charge is 0.337 e. The number of carboxylic acids is 1. The van der Waals surface area contributed by atoms with Crippen LogP contribution in [0.15, 0.2) is 48.0 Å². The van der Waals surface area contributed by atoms with E-state index in [4.69, 9.17) is 0 Å². The Morgan fingerprint density at radius 3 is 2.36 bits per heavy atom. The monoisotopic (exact) mass is 292 g/mol. The SMILES string of the molecule is CC(C)=CCc1cccc2nc3c(C(=O)O)cccc3nc12. The van der Waals surface area contributed by atoms with E-state index in [0.717, 1.165) is 23.0 Å². The maximum absolute atomic E-state index is 11.3. The van der Waals surface area contributed by atoms with Crippen LogP contribution < -0.4 is 0 Å². The van der Waals surface area contributed by atoms with Gasteiger partial charge in [-0.2, -0.15) is 0 Å². The van der Waals surface area contributed by atoms with E-state index >= 15 is 0 Å². The highest BCUT2D eigenvalue weighted by atomic mass is 16.4. The summed E-state index contributed by atoms with van der Waals surface area (Å²) in [6, 6.07) is 10.9. The molecule has 0 aliphatic rings. The number of allylic oxidation sites excluding steroid dienone is 2. The number of nitrogens with zero attached hydrogens (tertiary/aromatic N) is 2. The fourth-order valence-corrected chi connectivity index (χ4v) is 2.43.